The SMILES string of the molecule is O=C(CCC(=O)N1CC2CC(C1)c1cccc(=O)n1C2)NCCc1ccc(F)cc1. The quantitative estimate of drug-likeness (QED) is 0.791. The average molecular weight is 411 g/mol. The van der Waals surface area contributed by atoms with Gasteiger partial charge in [-0.2, -0.15) is 0 Å². The maximum absolute atomic E-state index is 12.9. The molecule has 2 atom stereocenters. The summed E-state index contributed by atoms with van der Waals surface area (Å²) in [7, 11) is 0. The second-order valence-corrected chi connectivity index (χ2v) is 8.22. The highest BCUT2D eigenvalue weighted by Crippen LogP contribution is 2.35. The summed E-state index contributed by atoms with van der Waals surface area (Å²) in [6.07, 6.45) is 1.96. The van der Waals surface area contributed by atoms with Crippen molar-refractivity contribution < 1.29 is 14.0 Å². The van der Waals surface area contributed by atoms with Gasteiger partial charge in [-0.3, -0.25) is 14.4 Å². The van der Waals surface area contributed by atoms with E-state index in [9.17, 15) is 18.8 Å². The first-order valence-electron chi connectivity index (χ1n) is 10.5. The van der Waals surface area contributed by atoms with E-state index in [0.717, 1.165) is 17.7 Å². The highest BCUT2D eigenvalue weighted by Gasteiger charge is 2.36. The van der Waals surface area contributed by atoms with E-state index in [2.05, 4.69) is 5.32 Å². The minimum atomic E-state index is -0.279. The Morgan fingerprint density at radius 2 is 1.83 bits per heavy atom. The van der Waals surface area contributed by atoms with Crippen molar-refractivity contribution in [2.45, 2.75) is 38.1 Å². The van der Waals surface area contributed by atoms with E-state index in [1.165, 1.54) is 12.1 Å². The topological polar surface area (TPSA) is 71.4 Å². The molecule has 0 saturated carbocycles. The molecule has 0 radical (unpaired) electrons. The summed E-state index contributed by atoms with van der Waals surface area (Å²) in [5.74, 6) is 0.0214. The molecule has 0 spiro atoms. The summed E-state index contributed by atoms with van der Waals surface area (Å²) in [5.41, 5.74) is 1.99. The van der Waals surface area contributed by atoms with Crippen molar-refractivity contribution in [1.82, 2.24) is 14.8 Å². The number of pyridine rings is 1. The number of hydrogen-bond donors (Lipinski definition) is 1. The molecule has 7 heteroatoms. The van der Waals surface area contributed by atoms with Crippen LogP contribution in [0.2, 0.25) is 0 Å². The molecule has 30 heavy (non-hydrogen) atoms. The number of nitrogens with one attached hydrogen (secondary N) is 1. The van der Waals surface area contributed by atoms with Gasteiger partial charge < -0.3 is 14.8 Å². The zero-order valence-corrected chi connectivity index (χ0v) is 16.9. The van der Waals surface area contributed by atoms with Gasteiger partial charge in [-0.25, -0.2) is 4.39 Å². The molecule has 1 aromatic carbocycles. The molecule has 2 aliphatic heterocycles. The molecule has 6 nitrogen and oxygen atoms in total. The first-order valence-corrected chi connectivity index (χ1v) is 10.5. The van der Waals surface area contributed by atoms with Crippen LogP contribution in [0.4, 0.5) is 4.39 Å². The molecule has 1 aromatic heterocycles. The fourth-order valence-electron chi connectivity index (χ4n) is 4.56. The predicted molar refractivity (Wildman–Crippen MR) is 110 cm³/mol. The normalized spacial score (nSPS) is 19.8. The van der Waals surface area contributed by atoms with Gasteiger partial charge in [0.05, 0.1) is 0 Å². The maximum Gasteiger partial charge on any atom is 0.250 e. The first kappa shape index (κ1) is 20.3. The van der Waals surface area contributed by atoms with E-state index < -0.39 is 0 Å². The molecule has 3 heterocycles. The summed E-state index contributed by atoms with van der Waals surface area (Å²) >= 11 is 0. The van der Waals surface area contributed by atoms with E-state index in [1.807, 2.05) is 15.5 Å². The molecule has 1 fully saturated rings. The fraction of sp³-hybridized carbons (Fsp3) is 0.435. The third kappa shape index (κ3) is 4.61. The number of rotatable bonds is 6. The molecule has 2 amide bonds. The number of halogens is 1. The van der Waals surface area contributed by atoms with Crippen molar-refractivity contribution in [3.63, 3.8) is 0 Å². The van der Waals surface area contributed by atoms with Gasteiger partial charge in [0.2, 0.25) is 11.8 Å². The summed E-state index contributed by atoms with van der Waals surface area (Å²) < 4.78 is 14.8. The Bertz CT molecular complexity index is 986. The first-order chi connectivity index (χ1) is 14.5. The van der Waals surface area contributed by atoms with Crippen LogP contribution in [0.5, 0.6) is 0 Å². The van der Waals surface area contributed by atoms with Crippen molar-refractivity contribution in [2.75, 3.05) is 19.6 Å². The van der Waals surface area contributed by atoms with Crippen LogP contribution in [0.25, 0.3) is 0 Å². The summed E-state index contributed by atoms with van der Waals surface area (Å²) in [6, 6.07) is 11.5. The van der Waals surface area contributed by atoms with E-state index >= 15 is 0 Å². The van der Waals surface area contributed by atoms with E-state index in [1.54, 1.807) is 24.3 Å². The largest absolute Gasteiger partial charge is 0.356 e. The lowest BCUT2D eigenvalue weighted by molar-refractivity contribution is -0.136. The molecule has 2 bridgehead atoms. The van der Waals surface area contributed by atoms with Crippen molar-refractivity contribution in [3.05, 3.63) is 69.9 Å². The smallest absolute Gasteiger partial charge is 0.250 e. The average Bonchev–Trinajstić information content (AvgIpc) is 2.74. The van der Waals surface area contributed by atoms with E-state index in [0.29, 0.717) is 32.6 Å². The van der Waals surface area contributed by atoms with Gasteiger partial charge in [0.1, 0.15) is 5.82 Å². The number of piperidine rings is 1. The maximum atomic E-state index is 12.9. The number of amides is 2. The van der Waals surface area contributed by atoms with Gasteiger partial charge in [-0.1, -0.05) is 18.2 Å². The van der Waals surface area contributed by atoms with Crippen LogP contribution >= 0.6 is 0 Å². The minimum Gasteiger partial charge on any atom is -0.356 e. The molecule has 158 valence electrons. The zero-order chi connectivity index (χ0) is 21.1. The monoisotopic (exact) mass is 411 g/mol. The lowest BCUT2D eigenvalue weighted by Crippen LogP contribution is -2.49. The molecular weight excluding hydrogens is 385 g/mol. The van der Waals surface area contributed by atoms with Gasteiger partial charge in [0, 0.05) is 56.7 Å². The predicted octanol–water partition coefficient (Wildman–Crippen LogP) is 2.07. The van der Waals surface area contributed by atoms with Crippen LogP contribution in [0.3, 0.4) is 0 Å². The Kier molecular flexibility index (Phi) is 5.97. The summed E-state index contributed by atoms with van der Waals surface area (Å²) in [6.45, 7) is 2.35. The van der Waals surface area contributed by atoms with Crippen molar-refractivity contribution in [1.29, 1.82) is 0 Å². The Morgan fingerprint density at radius 1 is 1.03 bits per heavy atom. The molecule has 1 N–H and O–H groups in total. The van der Waals surface area contributed by atoms with Gasteiger partial charge in [-0.15, -0.1) is 0 Å². The van der Waals surface area contributed by atoms with E-state index in [4.69, 9.17) is 0 Å². The number of hydrogen-bond acceptors (Lipinski definition) is 3. The number of aromatic nitrogens is 1. The molecule has 4 rings (SSSR count). The Balaban J connectivity index is 1.24. The molecule has 2 aromatic rings. The lowest BCUT2D eigenvalue weighted by atomic mass is 9.83. The number of fused-ring (bicyclic) bond motifs is 4. The molecule has 2 aliphatic rings. The Morgan fingerprint density at radius 3 is 2.63 bits per heavy atom. The van der Waals surface area contributed by atoms with Crippen LogP contribution in [0, 0.1) is 11.7 Å². The number of likely N-dealkylation sites (tertiary alicyclic amines) is 1. The van der Waals surface area contributed by atoms with Gasteiger partial charge in [-0.05, 0) is 42.5 Å². The minimum absolute atomic E-state index is 0.00915. The molecule has 0 aliphatic carbocycles. The Labute approximate surface area is 174 Å². The standard InChI is InChI=1S/C23H26FN3O3/c24-19-6-4-16(5-7-19)10-11-25-21(28)8-9-22(29)26-13-17-12-18(15-26)20-2-1-3-23(30)27(20)14-17/h1-7,17-18H,8-15H2,(H,25,28). The van der Waals surface area contributed by atoms with Gasteiger partial charge in [0.15, 0.2) is 0 Å². The second-order valence-electron chi connectivity index (χ2n) is 8.22. The van der Waals surface area contributed by atoms with Crippen LogP contribution in [0.1, 0.15) is 36.4 Å². The van der Waals surface area contributed by atoms with Crippen molar-refractivity contribution >= 4 is 11.8 Å². The highest BCUT2D eigenvalue weighted by atomic mass is 19.1. The fourth-order valence-corrected chi connectivity index (χ4v) is 4.56. The molecule has 1 saturated heterocycles. The highest BCUT2D eigenvalue weighted by molar-refractivity contribution is 5.83. The molecule has 2 unspecified atom stereocenters. The van der Waals surface area contributed by atoms with Crippen LogP contribution in [0.15, 0.2) is 47.3 Å². The number of carbonyl (C=O) groups excluding carboxylic acids is 2. The number of carbonyl (C=O) groups is 2. The van der Waals surface area contributed by atoms with E-state index in [-0.39, 0.29) is 47.9 Å². The summed E-state index contributed by atoms with van der Waals surface area (Å²) in [4.78, 5) is 38.7. The zero-order valence-electron chi connectivity index (χ0n) is 16.9. The van der Waals surface area contributed by atoms with Crippen molar-refractivity contribution in [2.24, 2.45) is 5.92 Å². The third-order valence-corrected chi connectivity index (χ3v) is 6.05. The lowest BCUT2D eigenvalue weighted by Gasteiger charge is -2.42. The number of nitrogens with zero attached hydrogens (tertiary/aromatic N) is 2. The second kappa shape index (κ2) is 8.81. The van der Waals surface area contributed by atoms with Gasteiger partial charge in [0.25, 0.3) is 5.56 Å². The summed E-state index contributed by atoms with van der Waals surface area (Å²) in [5, 5.41) is 2.82. The van der Waals surface area contributed by atoms with Crippen LogP contribution < -0.4 is 10.9 Å². The Hall–Kier alpha value is -2.96. The number of benzene rings is 1. The van der Waals surface area contributed by atoms with Crippen LogP contribution in [-0.2, 0) is 22.6 Å². The molecular formula is C23H26FN3O3. The van der Waals surface area contributed by atoms with Crippen LogP contribution in [-0.4, -0.2) is 40.9 Å². The third-order valence-electron chi connectivity index (χ3n) is 6.05. The van der Waals surface area contributed by atoms with Gasteiger partial charge >= 0.3 is 0 Å². The van der Waals surface area contributed by atoms with Crippen molar-refractivity contribution in [3.8, 4) is 0 Å².